The molecule has 4 saturated heterocycles. The molecule has 1 aromatic rings. The fraction of sp³-hybridized carbons (Fsp3) is 0.667. The van der Waals surface area contributed by atoms with Gasteiger partial charge in [0.25, 0.3) is 5.91 Å². The number of hydrogen-bond donors (Lipinski definition) is 2. The Kier molecular flexibility index (Phi) is 8.14. The molecule has 0 aromatic heterocycles. The average Bonchev–Trinajstić information content (AvgIpc) is 3.77. The molecule has 1 saturated carbocycles. The predicted molar refractivity (Wildman–Crippen MR) is 148 cm³/mol. The van der Waals surface area contributed by atoms with E-state index in [0.717, 1.165) is 57.2 Å². The van der Waals surface area contributed by atoms with Crippen LogP contribution in [-0.2, 0) is 25.6 Å². The van der Waals surface area contributed by atoms with Crippen LogP contribution >= 0.6 is 0 Å². The minimum absolute atomic E-state index is 0.0286. The van der Waals surface area contributed by atoms with Gasteiger partial charge in [0.15, 0.2) is 6.61 Å². The quantitative estimate of drug-likeness (QED) is 0.532. The first-order valence-electron chi connectivity index (χ1n) is 15.2. The molecular weight excluding hydrogens is 529 g/mol. The predicted octanol–water partition coefficient (Wildman–Crippen LogP) is 1.17. The summed E-state index contributed by atoms with van der Waals surface area (Å²) < 4.78 is 20.3. The normalized spacial score (nSPS) is 31.1. The van der Waals surface area contributed by atoms with Gasteiger partial charge in [0.05, 0.1) is 12.6 Å². The molecule has 1 aromatic carbocycles. The number of ether oxygens (including phenoxy) is 1. The van der Waals surface area contributed by atoms with Crippen LogP contribution in [0.25, 0.3) is 0 Å². The van der Waals surface area contributed by atoms with Crippen LogP contribution in [-0.4, -0.2) is 107 Å². The number of nitrogens with one attached hydrogen (secondary N) is 2. The summed E-state index contributed by atoms with van der Waals surface area (Å²) in [7, 11) is 0. The van der Waals surface area contributed by atoms with E-state index in [4.69, 9.17) is 4.74 Å². The van der Waals surface area contributed by atoms with Gasteiger partial charge in [-0.3, -0.25) is 24.1 Å². The summed E-state index contributed by atoms with van der Waals surface area (Å²) in [5, 5.41) is 6.05. The van der Waals surface area contributed by atoms with Gasteiger partial charge in [0.2, 0.25) is 17.7 Å². The molecule has 5 aliphatic rings. The van der Waals surface area contributed by atoms with Crippen LogP contribution in [0, 0.1) is 0 Å². The number of alkyl halides is 1. The van der Waals surface area contributed by atoms with E-state index in [-0.39, 0.29) is 55.8 Å². The summed E-state index contributed by atoms with van der Waals surface area (Å²) in [6, 6.07) is 4.93. The summed E-state index contributed by atoms with van der Waals surface area (Å²) in [6.45, 7) is 1.93. The van der Waals surface area contributed by atoms with Crippen molar-refractivity contribution in [3.05, 3.63) is 29.8 Å². The summed E-state index contributed by atoms with van der Waals surface area (Å²) in [5.41, 5.74) is 0.783. The third kappa shape index (κ3) is 6.05. The molecule has 2 bridgehead atoms. The van der Waals surface area contributed by atoms with E-state index in [1.54, 1.807) is 17.0 Å². The molecule has 41 heavy (non-hydrogen) atoms. The SMILES string of the molecule is O=C1N[C@H]2C[C@@H](C(=O)NC(Cc3ccc(OCC(=O)N4CCCC4)cc3)C(=O)N3C[C@@H](F)C[C@@H]13)N(C1CCCC1)C2. The van der Waals surface area contributed by atoms with E-state index < -0.39 is 30.2 Å². The number of carbonyl (C=O) groups is 4. The molecule has 1 unspecified atom stereocenters. The summed E-state index contributed by atoms with van der Waals surface area (Å²) in [6.07, 6.45) is 5.65. The molecule has 6 rings (SSSR count). The minimum atomic E-state index is -1.29. The first-order chi connectivity index (χ1) is 19.9. The van der Waals surface area contributed by atoms with Gasteiger partial charge in [-0.1, -0.05) is 25.0 Å². The van der Waals surface area contributed by atoms with E-state index in [2.05, 4.69) is 15.5 Å². The number of likely N-dealkylation sites (tertiary alicyclic amines) is 2. The average molecular weight is 570 g/mol. The van der Waals surface area contributed by atoms with E-state index >= 15 is 0 Å². The highest BCUT2D eigenvalue weighted by atomic mass is 19.1. The lowest BCUT2D eigenvalue weighted by Crippen LogP contribution is -2.57. The molecule has 0 spiro atoms. The largest absolute Gasteiger partial charge is 0.484 e. The van der Waals surface area contributed by atoms with Crippen molar-refractivity contribution in [3.63, 3.8) is 0 Å². The molecule has 11 heteroatoms. The minimum Gasteiger partial charge on any atom is -0.484 e. The van der Waals surface area contributed by atoms with Crippen LogP contribution in [0.4, 0.5) is 4.39 Å². The molecule has 4 heterocycles. The topological polar surface area (TPSA) is 111 Å². The smallest absolute Gasteiger partial charge is 0.260 e. The molecule has 222 valence electrons. The highest BCUT2D eigenvalue weighted by Gasteiger charge is 2.47. The number of halogens is 1. The van der Waals surface area contributed by atoms with Gasteiger partial charge >= 0.3 is 0 Å². The van der Waals surface area contributed by atoms with Crippen molar-refractivity contribution in [2.75, 3.05) is 32.8 Å². The first kappa shape index (κ1) is 27.9. The zero-order valence-corrected chi connectivity index (χ0v) is 23.4. The maximum atomic E-state index is 14.6. The Hall–Kier alpha value is -3.21. The van der Waals surface area contributed by atoms with Gasteiger partial charge in [-0.2, -0.15) is 0 Å². The summed E-state index contributed by atoms with van der Waals surface area (Å²) in [5.74, 6) is -0.496. The first-order valence-corrected chi connectivity index (χ1v) is 15.2. The number of benzene rings is 1. The number of nitrogens with zero attached hydrogens (tertiary/aromatic N) is 3. The van der Waals surface area contributed by atoms with Crippen molar-refractivity contribution in [3.8, 4) is 5.75 Å². The molecule has 5 fully saturated rings. The van der Waals surface area contributed by atoms with Crippen LogP contribution in [0.5, 0.6) is 5.75 Å². The van der Waals surface area contributed by atoms with E-state index in [1.807, 2.05) is 12.1 Å². The van der Waals surface area contributed by atoms with Gasteiger partial charge in [0.1, 0.15) is 24.0 Å². The molecule has 5 atom stereocenters. The lowest BCUT2D eigenvalue weighted by molar-refractivity contribution is -0.142. The van der Waals surface area contributed by atoms with E-state index in [9.17, 15) is 23.6 Å². The van der Waals surface area contributed by atoms with Gasteiger partial charge in [-0.15, -0.1) is 0 Å². The maximum Gasteiger partial charge on any atom is 0.260 e. The third-order valence-corrected chi connectivity index (χ3v) is 9.42. The molecule has 2 N–H and O–H groups in total. The fourth-order valence-electron chi connectivity index (χ4n) is 7.27. The highest BCUT2D eigenvalue weighted by molar-refractivity contribution is 5.94. The zero-order chi connectivity index (χ0) is 28.5. The molecular formula is C30H40FN5O5. The van der Waals surface area contributed by atoms with Crippen LogP contribution in [0.2, 0.25) is 0 Å². The number of rotatable bonds is 6. The Balaban J connectivity index is 1.19. The van der Waals surface area contributed by atoms with Gasteiger partial charge < -0.3 is 25.2 Å². The number of hydrogen-bond acceptors (Lipinski definition) is 6. The summed E-state index contributed by atoms with van der Waals surface area (Å²) in [4.78, 5) is 58.4. The Morgan fingerprint density at radius 3 is 2.34 bits per heavy atom. The zero-order valence-electron chi connectivity index (χ0n) is 23.4. The fourth-order valence-corrected chi connectivity index (χ4v) is 7.27. The lowest BCUT2D eigenvalue weighted by Gasteiger charge is -2.33. The van der Waals surface area contributed by atoms with Gasteiger partial charge in [-0.25, -0.2) is 4.39 Å². The second-order valence-corrected chi connectivity index (χ2v) is 12.2. The van der Waals surface area contributed by atoms with Crippen molar-refractivity contribution in [1.29, 1.82) is 0 Å². The van der Waals surface area contributed by atoms with E-state index in [0.29, 0.717) is 18.7 Å². The highest BCUT2D eigenvalue weighted by Crippen LogP contribution is 2.32. The Morgan fingerprint density at radius 1 is 0.902 bits per heavy atom. The second-order valence-electron chi connectivity index (χ2n) is 12.2. The van der Waals surface area contributed by atoms with E-state index in [1.165, 1.54) is 4.90 Å². The van der Waals surface area contributed by atoms with Crippen LogP contribution in [0.3, 0.4) is 0 Å². The molecule has 4 aliphatic heterocycles. The molecule has 0 radical (unpaired) electrons. The van der Waals surface area contributed by atoms with Crippen LogP contribution in [0.1, 0.15) is 56.9 Å². The Bertz CT molecular complexity index is 1150. The van der Waals surface area contributed by atoms with Gasteiger partial charge in [0, 0.05) is 44.6 Å². The maximum absolute atomic E-state index is 14.6. The summed E-state index contributed by atoms with van der Waals surface area (Å²) >= 11 is 0. The molecule has 10 nitrogen and oxygen atoms in total. The third-order valence-electron chi connectivity index (χ3n) is 9.42. The Morgan fingerprint density at radius 2 is 1.61 bits per heavy atom. The van der Waals surface area contributed by atoms with Crippen LogP contribution < -0.4 is 15.4 Å². The van der Waals surface area contributed by atoms with Crippen molar-refractivity contribution in [1.82, 2.24) is 25.3 Å². The van der Waals surface area contributed by atoms with Crippen molar-refractivity contribution in [2.45, 2.75) is 94.2 Å². The standard InChI is InChI=1S/C30H40FN5O5/c31-20-14-25-28(38)32-21-15-26(35(17-21)22-5-1-2-6-22)29(39)33-24(30(40)36(25)16-20)13-19-7-9-23(10-8-19)41-18-27(37)34-11-3-4-12-34/h7-10,20-22,24-26H,1-6,11-18H2,(H,32,38)(H,33,39)/t20-,21-,24?,25-,26-/m0/s1. The van der Waals surface area contributed by atoms with Gasteiger partial charge in [-0.05, 0) is 49.8 Å². The number of fused-ring (bicyclic) bond motifs is 3. The van der Waals surface area contributed by atoms with Crippen LogP contribution in [0.15, 0.2) is 24.3 Å². The van der Waals surface area contributed by atoms with Crippen molar-refractivity contribution >= 4 is 23.6 Å². The molecule has 1 aliphatic carbocycles. The second kappa shape index (κ2) is 12.0. The molecule has 4 amide bonds. The number of carbonyl (C=O) groups excluding carboxylic acids is 4. The Labute approximate surface area is 239 Å². The number of amides is 4. The lowest BCUT2D eigenvalue weighted by atomic mass is 10.0. The van der Waals surface area contributed by atoms with Crippen molar-refractivity contribution < 1.29 is 28.3 Å². The van der Waals surface area contributed by atoms with Crippen molar-refractivity contribution in [2.24, 2.45) is 0 Å². The monoisotopic (exact) mass is 569 g/mol.